The normalized spacial score (nSPS) is 10.1. The van der Waals surface area contributed by atoms with Gasteiger partial charge in [-0.15, -0.1) is 0 Å². The van der Waals surface area contributed by atoms with Crippen LogP contribution in [0.25, 0.3) is 0 Å². The van der Waals surface area contributed by atoms with Crippen LogP contribution >= 0.6 is 0 Å². The first-order valence-electron chi connectivity index (χ1n) is 4.78. The van der Waals surface area contributed by atoms with E-state index in [0.29, 0.717) is 17.1 Å². The number of hydrogen-bond donors (Lipinski definition) is 1. The average molecular weight is 224 g/mol. The van der Waals surface area contributed by atoms with Crippen LogP contribution in [0.1, 0.15) is 10.4 Å². The van der Waals surface area contributed by atoms with Gasteiger partial charge in [0.2, 0.25) is 0 Å². The van der Waals surface area contributed by atoms with Crippen LogP contribution in [0.3, 0.4) is 0 Å². The van der Waals surface area contributed by atoms with Crippen LogP contribution in [0.5, 0.6) is 11.5 Å². The van der Waals surface area contributed by atoms with Crippen LogP contribution in [-0.4, -0.2) is 39.2 Å². The highest BCUT2D eigenvalue weighted by molar-refractivity contribution is 5.94. The standard InChI is InChI=1S/C11H16N2O3/c1-13(2)12-11(14)8-5-6-9(15-3)10(7-8)16-4/h5-7H,1-4H3,(H,12,14). The zero-order chi connectivity index (χ0) is 12.1. The van der Waals surface area contributed by atoms with Gasteiger partial charge in [-0.3, -0.25) is 10.2 Å². The van der Waals surface area contributed by atoms with Gasteiger partial charge in [0.05, 0.1) is 14.2 Å². The largest absolute Gasteiger partial charge is 0.493 e. The summed E-state index contributed by atoms with van der Waals surface area (Å²) in [5.41, 5.74) is 3.17. The molecular formula is C11H16N2O3. The number of nitrogens with zero attached hydrogens (tertiary/aromatic N) is 1. The number of nitrogens with one attached hydrogen (secondary N) is 1. The summed E-state index contributed by atoms with van der Waals surface area (Å²) in [5.74, 6) is 0.948. The molecule has 16 heavy (non-hydrogen) atoms. The second-order valence-corrected chi connectivity index (χ2v) is 3.41. The number of benzene rings is 1. The fraction of sp³-hybridized carbons (Fsp3) is 0.364. The van der Waals surface area contributed by atoms with Gasteiger partial charge in [-0.05, 0) is 18.2 Å². The number of ether oxygens (including phenoxy) is 2. The van der Waals surface area contributed by atoms with Crippen molar-refractivity contribution in [2.24, 2.45) is 0 Å². The van der Waals surface area contributed by atoms with E-state index < -0.39 is 0 Å². The van der Waals surface area contributed by atoms with Gasteiger partial charge in [-0.1, -0.05) is 0 Å². The predicted octanol–water partition coefficient (Wildman–Crippen LogP) is 0.910. The highest BCUT2D eigenvalue weighted by Gasteiger charge is 2.10. The molecule has 0 atom stereocenters. The summed E-state index contributed by atoms with van der Waals surface area (Å²) >= 11 is 0. The molecule has 0 saturated heterocycles. The Morgan fingerprint density at radius 2 is 1.81 bits per heavy atom. The van der Waals surface area contributed by atoms with Gasteiger partial charge in [0.15, 0.2) is 11.5 Å². The van der Waals surface area contributed by atoms with E-state index >= 15 is 0 Å². The molecule has 0 aliphatic rings. The Morgan fingerprint density at radius 3 is 2.31 bits per heavy atom. The third kappa shape index (κ3) is 2.87. The maximum atomic E-state index is 11.7. The molecule has 1 rings (SSSR count). The lowest BCUT2D eigenvalue weighted by atomic mass is 10.2. The molecule has 0 fully saturated rings. The molecule has 1 N–H and O–H groups in total. The maximum absolute atomic E-state index is 11.7. The minimum absolute atomic E-state index is 0.189. The van der Waals surface area contributed by atoms with E-state index in [2.05, 4.69) is 5.43 Å². The van der Waals surface area contributed by atoms with Gasteiger partial charge in [0.25, 0.3) is 5.91 Å². The van der Waals surface area contributed by atoms with Gasteiger partial charge in [-0.2, -0.15) is 0 Å². The van der Waals surface area contributed by atoms with Crippen LogP contribution in [0.15, 0.2) is 18.2 Å². The van der Waals surface area contributed by atoms with Crippen molar-refractivity contribution >= 4 is 5.91 Å². The lowest BCUT2D eigenvalue weighted by Gasteiger charge is -2.13. The molecule has 0 radical (unpaired) electrons. The van der Waals surface area contributed by atoms with Gasteiger partial charge in [0, 0.05) is 19.7 Å². The van der Waals surface area contributed by atoms with Crippen molar-refractivity contribution in [3.05, 3.63) is 23.8 Å². The summed E-state index contributed by atoms with van der Waals surface area (Å²) in [6.07, 6.45) is 0. The maximum Gasteiger partial charge on any atom is 0.265 e. The highest BCUT2D eigenvalue weighted by Crippen LogP contribution is 2.27. The molecule has 0 aromatic heterocycles. The van der Waals surface area contributed by atoms with Crippen LogP contribution in [-0.2, 0) is 0 Å². The molecule has 1 aromatic rings. The smallest absolute Gasteiger partial charge is 0.265 e. The monoisotopic (exact) mass is 224 g/mol. The third-order valence-corrected chi connectivity index (χ3v) is 1.97. The Labute approximate surface area is 94.9 Å². The van der Waals surface area contributed by atoms with E-state index in [9.17, 15) is 4.79 Å². The van der Waals surface area contributed by atoms with Gasteiger partial charge in [0.1, 0.15) is 0 Å². The fourth-order valence-corrected chi connectivity index (χ4v) is 1.25. The summed E-state index contributed by atoms with van der Waals surface area (Å²) in [6.45, 7) is 0. The van der Waals surface area contributed by atoms with E-state index in [0.717, 1.165) is 0 Å². The van der Waals surface area contributed by atoms with Gasteiger partial charge >= 0.3 is 0 Å². The number of hydrogen-bond acceptors (Lipinski definition) is 4. The Bertz CT molecular complexity index is 377. The number of carbonyl (C=O) groups excluding carboxylic acids is 1. The predicted molar refractivity (Wildman–Crippen MR) is 60.7 cm³/mol. The van der Waals surface area contributed by atoms with E-state index in [1.807, 2.05) is 0 Å². The van der Waals surface area contributed by atoms with Crippen molar-refractivity contribution in [1.82, 2.24) is 10.4 Å². The van der Waals surface area contributed by atoms with E-state index in [4.69, 9.17) is 9.47 Å². The molecule has 5 heteroatoms. The minimum Gasteiger partial charge on any atom is -0.493 e. The van der Waals surface area contributed by atoms with Crippen molar-refractivity contribution in [3.8, 4) is 11.5 Å². The summed E-state index contributed by atoms with van der Waals surface area (Å²) < 4.78 is 10.2. The van der Waals surface area contributed by atoms with Crippen molar-refractivity contribution in [1.29, 1.82) is 0 Å². The van der Waals surface area contributed by atoms with Crippen molar-refractivity contribution in [3.63, 3.8) is 0 Å². The summed E-state index contributed by atoms with van der Waals surface area (Å²) in [5, 5.41) is 1.58. The van der Waals surface area contributed by atoms with Gasteiger partial charge in [-0.25, -0.2) is 5.01 Å². The molecule has 0 aliphatic heterocycles. The number of methoxy groups -OCH3 is 2. The molecule has 0 unspecified atom stereocenters. The van der Waals surface area contributed by atoms with Gasteiger partial charge < -0.3 is 9.47 Å². The van der Waals surface area contributed by atoms with E-state index in [1.165, 1.54) is 7.11 Å². The molecule has 0 spiro atoms. The van der Waals surface area contributed by atoms with E-state index in [1.54, 1.807) is 44.4 Å². The van der Waals surface area contributed by atoms with Crippen LogP contribution in [0.4, 0.5) is 0 Å². The molecule has 88 valence electrons. The Hall–Kier alpha value is -1.75. The first-order chi connectivity index (χ1) is 7.58. The molecule has 0 aliphatic carbocycles. The summed E-state index contributed by atoms with van der Waals surface area (Å²) in [6, 6.07) is 5.02. The lowest BCUT2D eigenvalue weighted by Crippen LogP contribution is -2.36. The summed E-state index contributed by atoms with van der Waals surface area (Å²) in [7, 11) is 6.58. The topological polar surface area (TPSA) is 50.8 Å². The Balaban J connectivity index is 2.94. The van der Waals surface area contributed by atoms with Crippen LogP contribution < -0.4 is 14.9 Å². The molecular weight excluding hydrogens is 208 g/mol. The number of hydrazine groups is 1. The fourth-order valence-electron chi connectivity index (χ4n) is 1.25. The zero-order valence-corrected chi connectivity index (χ0v) is 9.90. The first kappa shape index (κ1) is 12.3. The Kier molecular flexibility index (Phi) is 4.13. The second kappa shape index (κ2) is 5.37. The third-order valence-electron chi connectivity index (χ3n) is 1.97. The number of rotatable bonds is 4. The minimum atomic E-state index is -0.189. The van der Waals surface area contributed by atoms with E-state index in [-0.39, 0.29) is 5.91 Å². The molecule has 1 amide bonds. The first-order valence-corrected chi connectivity index (χ1v) is 4.78. The number of amides is 1. The lowest BCUT2D eigenvalue weighted by molar-refractivity contribution is 0.0856. The molecule has 0 saturated carbocycles. The molecule has 5 nitrogen and oxygen atoms in total. The SMILES string of the molecule is COc1ccc(C(=O)NN(C)C)cc1OC. The summed E-state index contributed by atoms with van der Waals surface area (Å²) in [4.78, 5) is 11.7. The molecule has 0 heterocycles. The number of carbonyl (C=O) groups is 1. The average Bonchev–Trinajstić information content (AvgIpc) is 2.27. The van der Waals surface area contributed by atoms with Crippen molar-refractivity contribution in [2.45, 2.75) is 0 Å². The zero-order valence-electron chi connectivity index (χ0n) is 9.90. The quantitative estimate of drug-likeness (QED) is 0.772. The Morgan fingerprint density at radius 1 is 1.19 bits per heavy atom. The second-order valence-electron chi connectivity index (χ2n) is 3.41. The van der Waals surface area contributed by atoms with Crippen LogP contribution in [0, 0.1) is 0 Å². The van der Waals surface area contributed by atoms with Crippen LogP contribution in [0.2, 0.25) is 0 Å². The van der Waals surface area contributed by atoms with Crippen molar-refractivity contribution < 1.29 is 14.3 Å². The van der Waals surface area contributed by atoms with Crippen molar-refractivity contribution in [2.75, 3.05) is 28.3 Å². The highest BCUT2D eigenvalue weighted by atomic mass is 16.5. The molecule has 0 bridgehead atoms. The molecule has 1 aromatic carbocycles.